The van der Waals surface area contributed by atoms with Gasteiger partial charge in [-0.1, -0.05) is 19.3 Å². The van der Waals surface area contributed by atoms with E-state index in [-0.39, 0.29) is 5.54 Å². The molecule has 102 valence electrons. The van der Waals surface area contributed by atoms with Crippen molar-refractivity contribution in [3.05, 3.63) is 0 Å². The molecule has 0 aromatic carbocycles. The second-order valence-electron chi connectivity index (χ2n) is 6.66. The number of halogens is 1. The van der Waals surface area contributed by atoms with Gasteiger partial charge in [0, 0.05) is 11.8 Å². The summed E-state index contributed by atoms with van der Waals surface area (Å²) in [5, 5.41) is 3.35. The Kier molecular flexibility index (Phi) is 3.57. The highest BCUT2D eigenvalue weighted by atomic mass is 35.5. The summed E-state index contributed by atoms with van der Waals surface area (Å²) in [4.78, 5) is 12.6. The van der Waals surface area contributed by atoms with Crippen LogP contribution in [0.2, 0.25) is 0 Å². The zero-order valence-electron chi connectivity index (χ0n) is 11.1. The Morgan fingerprint density at radius 1 is 1.11 bits per heavy atom. The van der Waals surface area contributed by atoms with Gasteiger partial charge in [-0.25, -0.2) is 0 Å². The van der Waals surface area contributed by atoms with Crippen LogP contribution in [-0.4, -0.2) is 17.3 Å². The van der Waals surface area contributed by atoms with E-state index in [1.54, 1.807) is 0 Å². The molecule has 0 spiro atoms. The van der Waals surface area contributed by atoms with E-state index in [4.69, 9.17) is 11.6 Å². The molecule has 3 saturated carbocycles. The van der Waals surface area contributed by atoms with Gasteiger partial charge < -0.3 is 5.32 Å². The first-order chi connectivity index (χ1) is 8.74. The van der Waals surface area contributed by atoms with Gasteiger partial charge in [0.2, 0.25) is 5.91 Å². The highest BCUT2D eigenvalue weighted by Crippen LogP contribution is 2.49. The van der Waals surface area contributed by atoms with Crippen molar-refractivity contribution >= 4 is 17.5 Å². The summed E-state index contributed by atoms with van der Waals surface area (Å²) in [5.41, 5.74) is -0.0844. The molecule has 3 rings (SSSR count). The molecule has 0 heterocycles. The minimum absolute atomic E-state index is 0.0844. The highest BCUT2D eigenvalue weighted by Gasteiger charge is 2.47. The monoisotopic (exact) mass is 269 g/mol. The Morgan fingerprint density at radius 2 is 1.67 bits per heavy atom. The number of hydrogen-bond donors (Lipinski definition) is 1. The Balaban J connectivity index is 1.64. The second kappa shape index (κ2) is 5.03. The molecular formula is C15H24ClNO. The molecule has 0 bridgehead atoms. The Labute approximate surface area is 115 Å². The molecule has 0 saturated heterocycles. The highest BCUT2D eigenvalue weighted by molar-refractivity contribution is 6.18. The van der Waals surface area contributed by atoms with Gasteiger partial charge in [0.1, 0.15) is 0 Å². The lowest BCUT2D eigenvalue weighted by molar-refractivity contribution is -0.128. The van der Waals surface area contributed by atoms with Crippen LogP contribution >= 0.6 is 11.6 Å². The van der Waals surface area contributed by atoms with Crippen molar-refractivity contribution in [2.24, 2.45) is 17.8 Å². The maximum atomic E-state index is 12.6. The Bertz CT molecular complexity index is 304. The van der Waals surface area contributed by atoms with Crippen molar-refractivity contribution in [1.82, 2.24) is 5.32 Å². The minimum Gasteiger partial charge on any atom is -0.349 e. The van der Waals surface area contributed by atoms with E-state index in [1.807, 2.05) is 0 Å². The van der Waals surface area contributed by atoms with Crippen molar-refractivity contribution in [1.29, 1.82) is 0 Å². The van der Waals surface area contributed by atoms with Gasteiger partial charge in [-0.2, -0.15) is 0 Å². The van der Waals surface area contributed by atoms with Crippen LogP contribution in [0.5, 0.6) is 0 Å². The molecule has 1 N–H and O–H groups in total. The van der Waals surface area contributed by atoms with E-state index >= 15 is 0 Å². The summed E-state index contributed by atoms with van der Waals surface area (Å²) in [6.07, 6.45) is 10.9. The predicted molar refractivity (Wildman–Crippen MR) is 73.6 cm³/mol. The fourth-order valence-electron chi connectivity index (χ4n) is 3.59. The van der Waals surface area contributed by atoms with Crippen LogP contribution in [0.1, 0.15) is 57.8 Å². The van der Waals surface area contributed by atoms with E-state index in [2.05, 4.69) is 5.32 Å². The number of alkyl halides is 1. The minimum atomic E-state index is -0.0844. The first-order valence-corrected chi connectivity index (χ1v) is 8.15. The lowest BCUT2D eigenvalue weighted by atomic mass is 9.82. The first-order valence-electron chi connectivity index (χ1n) is 7.62. The molecule has 3 heteroatoms. The topological polar surface area (TPSA) is 29.1 Å². The lowest BCUT2D eigenvalue weighted by Gasteiger charge is -2.37. The summed E-state index contributed by atoms with van der Waals surface area (Å²) < 4.78 is 0. The molecule has 1 amide bonds. The summed E-state index contributed by atoms with van der Waals surface area (Å²) in [6, 6.07) is 0. The molecule has 0 atom stereocenters. The fourth-order valence-corrected chi connectivity index (χ4v) is 3.92. The predicted octanol–water partition coefficient (Wildman–Crippen LogP) is 3.48. The molecule has 0 unspecified atom stereocenters. The molecule has 18 heavy (non-hydrogen) atoms. The van der Waals surface area contributed by atoms with Gasteiger partial charge in [0.05, 0.1) is 5.54 Å². The third-order valence-corrected chi connectivity index (χ3v) is 5.53. The maximum absolute atomic E-state index is 12.6. The molecule has 0 aromatic rings. The third-order valence-electron chi connectivity index (χ3n) is 5.02. The van der Waals surface area contributed by atoms with Crippen LogP contribution in [0.3, 0.4) is 0 Å². The van der Waals surface area contributed by atoms with Gasteiger partial charge in [-0.3, -0.25) is 4.79 Å². The molecule has 0 aliphatic heterocycles. The van der Waals surface area contributed by atoms with E-state index in [0.717, 1.165) is 12.8 Å². The van der Waals surface area contributed by atoms with Gasteiger partial charge in [-0.05, 0) is 50.4 Å². The Morgan fingerprint density at radius 3 is 2.11 bits per heavy atom. The number of rotatable bonds is 5. The fraction of sp³-hybridized carbons (Fsp3) is 0.933. The van der Waals surface area contributed by atoms with Gasteiger partial charge in [0.25, 0.3) is 0 Å². The zero-order valence-corrected chi connectivity index (χ0v) is 11.8. The quantitative estimate of drug-likeness (QED) is 0.761. The molecule has 0 aromatic heterocycles. The molecule has 3 fully saturated rings. The number of amides is 1. The largest absolute Gasteiger partial charge is 0.349 e. The van der Waals surface area contributed by atoms with E-state index in [9.17, 15) is 4.79 Å². The lowest BCUT2D eigenvalue weighted by Crippen LogP contribution is -2.53. The van der Waals surface area contributed by atoms with Gasteiger partial charge in [-0.15, -0.1) is 11.6 Å². The molecular weight excluding hydrogens is 246 g/mol. The smallest absolute Gasteiger partial charge is 0.224 e. The third kappa shape index (κ3) is 2.68. The number of nitrogens with one attached hydrogen (secondary N) is 1. The van der Waals surface area contributed by atoms with Gasteiger partial charge >= 0.3 is 0 Å². The van der Waals surface area contributed by atoms with Crippen LogP contribution in [0.4, 0.5) is 0 Å². The number of hydrogen-bond acceptors (Lipinski definition) is 1. The van der Waals surface area contributed by atoms with Crippen LogP contribution in [0.15, 0.2) is 0 Å². The van der Waals surface area contributed by atoms with E-state index in [0.29, 0.717) is 29.5 Å². The first kappa shape index (κ1) is 12.8. The number of carbonyl (C=O) groups is 1. The van der Waals surface area contributed by atoms with Crippen molar-refractivity contribution in [2.75, 3.05) is 5.88 Å². The average molecular weight is 270 g/mol. The summed E-state index contributed by atoms with van der Waals surface area (Å²) >= 11 is 6.16. The van der Waals surface area contributed by atoms with Crippen molar-refractivity contribution in [3.63, 3.8) is 0 Å². The summed E-state index contributed by atoms with van der Waals surface area (Å²) in [7, 11) is 0. The average Bonchev–Trinajstić information content (AvgIpc) is 3.24. The SMILES string of the molecule is O=C(NC1(CCl)CCCCC1)C(C1CC1)C1CC1. The maximum Gasteiger partial charge on any atom is 0.224 e. The second-order valence-corrected chi connectivity index (χ2v) is 6.93. The van der Waals surface area contributed by atoms with Crippen LogP contribution < -0.4 is 5.32 Å². The number of carbonyl (C=O) groups excluding carboxylic acids is 1. The summed E-state index contributed by atoms with van der Waals surface area (Å²) in [6.45, 7) is 0. The van der Waals surface area contributed by atoms with Crippen LogP contribution in [0, 0.1) is 17.8 Å². The Hall–Kier alpha value is -0.240. The van der Waals surface area contributed by atoms with Crippen molar-refractivity contribution < 1.29 is 4.79 Å². The van der Waals surface area contributed by atoms with Crippen molar-refractivity contribution in [3.8, 4) is 0 Å². The van der Waals surface area contributed by atoms with Crippen molar-refractivity contribution in [2.45, 2.75) is 63.3 Å². The molecule has 2 nitrogen and oxygen atoms in total. The van der Waals surface area contributed by atoms with Crippen LogP contribution in [-0.2, 0) is 4.79 Å². The van der Waals surface area contributed by atoms with Crippen LogP contribution in [0.25, 0.3) is 0 Å². The molecule has 3 aliphatic rings. The standard InChI is InChI=1S/C15H24ClNO/c16-10-15(8-2-1-3-9-15)17-14(18)13(11-4-5-11)12-6-7-12/h11-13H,1-10H2,(H,17,18). The van der Waals surface area contributed by atoms with E-state index in [1.165, 1.54) is 44.9 Å². The summed E-state index contributed by atoms with van der Waals surface area (Å²) in [5.74, 6) is 2.59. The van der Waals surface area contributed by atoms with E-state index < -0.39 is 0 Å². The zero-order chi connectivity index (χ0) is 12.6. The molecule has 0 radical (unpaired) electrons. The van der Waals surface area contributed by atoms with Gasteiger partial charge in [0.15, 0.2) is 0 Å². The normalized spacial score (nSPS) is 27.2. The molecule has 3 aliphatic carbocycles.